The van der Waals surface area contributed by atoms with Crippen LogP contribution < -0.4 is 0 Å². The Balaban J connectivity index is 2.31. The summed E-state index contributed by atoms with van der Waals surface area (Å²) in [5.41, 5.74) is 3.05. The molecule has 0 saturated carbocycles. The van der Waals surface area contributed by atoms with Crippen LogP contribution in [-0.4, -0.2) is 9.97 Å². The fourth-order valence-electron chi connectivity index (χ4n) is 1.65. The minimum Gasteiger partial charge on any atom is -0.257 e. The summed E-state index contributed by atoms with van der Waals surface area (Å²) in [5.74, 6) is 0. The van der Waals surface area contributed by atoms with E-state index < -0.39 is 0 Å². The number of aryl methyl sites for hydroxylation is 2. The van der Waals surface area contributed by atoms with E-state index in [1.54, 1.807) is 6.20 Å². The van der Waals surface area contributed by atoms with E-state index in [9.17, 15) is 0 Å². The van der Waals surface area contributed by atoms with Crippen LogP contribution in [0.15, 0.2) is 6.20 Å². The molecule has 0 aliphatic heterocycles. The molecule has 1 heterocycles. The topological polar surface area (TPSA) is 49.6 Å². The predicted molar refractivity (Wildman–Crippen MR) is 48.0 cm³/mol. The lowest BCUT2D eigenvalue weighted by Gasteiger charge is -2.13. The molecule has 0 atom stereocenters. The van der Waals surface area contributed by atoms with Crippen molar-refractivity contribution >= 4 is 0 Å². The van der Waals surface area contributed by atoms with Crippen LogP contribution >= 0.6 is 0 Å². The Bertz CT molecular complexity index is 352. The SMILES string of the molecule is N#CCc1cnc2c(n1)CCCC2. The van der Waals surface area contributed by atoms with Crippen molar-refractivity contribution in [3.63, 3.8) is 0 Å². The molecule has 0 fully saturated rings. The second-order valence-electron chi connectivity index (χ2n) is 3.30. The molecule has 1 aromatic heterocycles. The maximum atomic E-state index is 8.51. The van der Waals surface area contributed by atoms with E-state index in [-0.39, 0.29) is 0 Å². The van der Waals surface area contributed by atoms with E-state index in [0.29, 0.717) is 6.42 Å². The number of fused-ring (bicyclic) bond motifs is 1. The number of rotatable bonds is 1. The molecule has 1 aliphatic rings. The maximum absolute atomic E-state index is 8.51. The van der Waals surface area contributed by atoms with Gasteiger partial charge in [-0.15, -0.1) is 0 Å². The van der Waals surface area contributed by atoms with E-state index in [1.165, 1.54) is 12.8 Å². The van der Waals surface area contributed by atoms with Gasteiger partial charge in [0.1, 0.15) is 0 Å². The van der Waals surface area contributed by atoms with Crippen LogP contribution in [0.5, 0.6) is 0 Å². The molecule has 0 radical (unpaired) electrons. The first-order valence-electron chi connectivity index (χ1n) is 4.61. The standard InChI is InChI=1S/C10H11N3/c11-6-5-8-7-12-9-3-1-2-4-10(9)13-8/h7H,1-5H2. The summed E-state index contributed by atoms with van der Waals surface area (Å²) >= 11 is 0. The molecule has 66 valence electrons. The van der Waals surface area contributed by atoms with Crippen molar-refractivity contribution in [3.05, 3.63) is 23.3 Å². The quantitative estimate of drug-likeness (QED) is 0.645. The van der Waals surface area contributed by atoms with E-state index in [0.717, 1.165) is 29.9 Å². The van der Waals surface area contributed by atoms with Crippen molar-refractivity contribution in [3.8, 4) is 6.07 Å². The second-order valence-corrected chi connectivity index (χ2v) is 3.30. The predicted octanol–water partition coefficient (Wildman–Crippen LogP) is 1.42. The lowest BCUT2D eigenvalue weighted by molar-refractivity contribution is 0.644. The monoisotopic (exact) mass is 173 g/mol. The first-order valence-corrected chi connectivity index (χ1v) is 4.61. The Hall–Kier alpha value is -1.43. The van der Waals surface area contributed by atoms with Gasteiger partial charge in [0.2, 0.25) is 0 Å². The molecular formula is C10H11N3. The highest BCUT2D eigenvalue weighted by atomic mass is 14.8. The van der Waals surface area contributed by atoms with Gasteiger partial charge in [-0.3, -0.25) is 9.97 Å². The molecule has 1 aliphatic carbocycles. The van der Waals surface area contributed by atoms with Crippen molar-refractivity contribution in [1.82, 2.24) is 9.97 Å². The second kappa shape index (κ2) is 3.53. The summed E-state index contributed by atoms with van der Waals surface area (Å²) in [7, 11) is 0. The number of nitrogens with zero attached hydrogens (tertiary/aromatic N) is 3. The molecule has 0 spiro atoms. The molecule has 0 saturated heterocycles. The highest BCUT2D eigenvalue weighted by Gasteiger charge is 2.11. The molecule has 0 aromatic carbocycles. The Kier molecular flexibility index (Phi) is 2.22. The van der Waals surface area contributed by atoms with Crippen molar-refractivity contribution in [2.45, 2.75) is 32.1 Å². The third kappa shape index (κ3) is 1.67. The van der Waals surface area contributed by atoms with Gasteiger partial charge in [0.15, 0.2) is 0 Å². The van der Waals surface area contributed by atoms with E-state index in [1.807, 2.05) is 0 Å². The van der Waals surface area contributed by atoms with Crippen LogP contribution in [0.4, 0.5) is 0 Å². The van der Waals surface area contributed by atoms with Gasteiger partial charge in [-0.2, -0.15) is 5.26 Å². The molecule has 3 nitrogen and oxygen atoms in total. The number of nitriles is 1. The normalized spacial score (nSPS) is 14.7. The van der Waals surface area contributed by atoms with Crippen molar-refractivity contribution in [2.24, 2.45) is 0 Å². The van der Waals surface area contributed by atoms with Gasteiger partial charge >= 0.3 is 0 Å². The lowest BCUT2D eigenvalue weighted by atomic mass is 10.0. The van der Waals surface area contributed by atoms with Crippen molar-refractivity contribution < 1.29 is 0 Å². The van der Waals surface area contributed by atoms with E-state index >= 15 is 0 Å². The molecule has 0 bridgehead atoms. The van der Waals surface area contributed by atoms with Gasteiger partial charge in [-0.25, -0.2) is 0 Å². The summed E-state index contributed by atoms with van der Waals surface area (Å²) in [4.78, 5) is 8.74. The minimum absolute atomic E-state index is 0.375. The summed E-state index contributed by atoms with van der Waals surface area (Å²) in [6.07, 6.45) is 6.61. The van der Waals surface area contributed by atoms with Crippen LogP contribution in [0, 0.1) is 11.3 Å². The Morgan fingerprint density at radius 2 is 2.08 bits per heavy atom. The summed E-state index contributed by atoms with van der Waals surface area (Å²) in [5, 5.41) is 8.51. The van der Waals surface area contributed by atoms with Gasteiger partial charge in [-0.1, -0.05) is 0 Å². The van der Waals surface area contributed by atoms with E-state index in [2.05, 4.69) is 16.0 Å². The molecule has 0 unspecified atom stereocenters. The largest absolute Gasteiger partial charge is 0.257 e. The smallest absolute Gasteiger partial charge is 0.0790 e. The number of hydrogen-bond donors (Lipinski definition) is 0. The van der Waals surface area contributed by atoms with Gasteiger partial charge in [-0.05, 0) is 25.7 Å². The zero-order valence-corrected chi connectivity index (χ0v) is 7.45. The fourth-order valence-corrected chi connectivity index (χ4v) is 1.65. The van der Waals surface area contributed by atoms with Gasteiger partial charge in [0, 0.05) is 6.20 Å². The maximum Gasteiger partial charge on any atom is 0.0790 e. The van der Waals surface area contributed by atoms with Gasteiger partial charge in [0.25, 0.3) is 0 Å². The van der Waals surface area contributed by atoms with Crippen LogP contribution in [-0.2, 0) is 19.3 Å². The fraction of sp³-hybridized carbons (Fsp3) is 0.500. The van der Waals surface area contributed by atoms with E-state index in [4.69, 9.17) is 5.26 Å². The molecular weight excluding hydrogens is 162 g/mol. The Morgan fingerprint density at radius 3 is 2.85 bits per heavy atom. The summed E-state index contributed by atoms with van der Waals surface area (Å²) in [6, 6.07) is 2.09. The first kappa shape index (κ1) is 8.18. The van der Waals surface area contributed by atoms with Crippen LogP contribution in [0.3, 0.4) is 0 Å². The lowest BCUT2D eigenvalue weighted by Crippen LogP contribution is -2.09. The summed E-state index contributed by atoms with van der Waals surface area (Å²) in [6.45, 7) is 0. The van der Waals surface area contributed by atoms with Crippen LogP contribution in [0.25, 0.3) is 0 Å². The number of aromatic nitrogens is 2. The Labute approximate surface area is 77.4 Å². The average Bonchev–Trinajstić information content (AvgIpc) is 2.18. The average molecular weight is 173 g/mol. The molecule has 0 amide bonds. The molecule has 0 N–H and O–H groups in total. The molecule has 3 heteroatoms. The number of hydrogen-bond acceptors (Lipinski definition) is 3. The molecule has 1 aromatic rings. The van der Waals surface area contributed by atoms with Gasteiger partial charge < -0.3 is 0 Å². The molecule has 2 rings (SSSR count). The summed E-state index contributed by atoms with van der Waals surface area (Å²) < 4.78 is 0. The minimum atomic E-state index is 0.375. The van der Waals surface area contributed by atoms with Crippen LogP contribution in [0.1, 0.15) is 29.9 Å². The zero-order chi connectivity index (χ0) is 9.10. The highest BCUT2D eigenvalue weighted by Crippen LogP contribution is 2.17. The van der Waals surface area contributed by atoms with Crippen molar-refractivity contribution in [1.29, 1.82) is 5.26 Å². The van der Waals surface area contributed by atoms with Crippen molar-refractivity contribution in [2.75, 3.05) is 0 Å². The van der Waals surface area contributed by atoms with Crippen LogP contribution in [0.2, 0.25) is 0 Å². The highest BCUT2D eigenvalue weighted by molar-refractivity contribution is 5.18. The first-order chi connectivity index (χ1) is 6.40. The van der Waals surface area contributed by atoms with Gasteiger partial charge in [0.05, 0.1) is 29.6 Å². The molecule has 13 heavy (non-hydrogen) atoms. The zero-order valence-electron chi connectivity index (χ0n) is 7.45. The third-order valence-electron chi connectivity index (χ3n) is 2.32. The Morgan fingerprint density at radius 1 is 1.31 bits per heavy atom. The third-order valence-corrected chi connectivity index (χ3v) is 2.32.